The zero-order chi connectivity index (χ0) is 16.2. The standard InChI is InChI=1S/C18H18ClN3O/c1-2-20-11-12-22-17(13-7-4-3-5-8-13)21-16-14(18(22)23)9-6-10-15(16)19/h3-10,20H,2,11-12H2,1H3. The van der Waals surface area contributed by atoms with Crippen LogP contribution in [0.5, 0.6) is 0 Å². The van der Waals surface area contributed by atoms with Gasteiger partial charge in [-0.2, -0.15) is 0 Å². The number of fused-ring (bicyclic) bond motifs is 1. The van der Waals surface area contributed by atoms with Crippen molar-refractivity contribution in [2.75, 3.05) is 13.1 Å². The molecular weight excluding hydrogens is 310 g/mol. The van der Waals surface area contributed by atoms with Crippen LogP contribution in [-0.4, -0.2) is 22.6 Å². The molecule has 0 saturated carbocycles. The molecule has 0 radical (unpaired) electrons. The molecule has 0 amide bonds. The summed E-state index contributed by atoms with van der Waals surface area (Å²) in [4.78, 5) is 17.6. The average molecular weight is 328 g/mol. The third kappa shape index (κ3) is 3.14. The Bertz CT molecular complexity index is 875. The molecule has 0 unspecified atom stereocenters. The van der Waals surface area contributed by atoms with E-state index in [9.17, 15) is 4.79 Å². The summed E-state index contributed by atoms with van der Waals surface area (Å²) in [6.07, 6.45) is 0. The zero-order valence-electron chi connectivity index (χ0n) is 12.9. The number of hydrogen-bond donors (Lipinski definition) is 1. The van der Waals surface area contributed by atoms with Crippen molar-refractivity contribution in [2.24, 2.45) is 0 Å². The fourth-order valence-corrected chi connectivity index (χ4v) is 2.81. The van der Waals surface area contributed by atoms with Crippen LogP contribution in [0.15, 0.2) is 53.3 Å². The van der Waals surface area contributed by atoms with E-state index < -0.39 is 0 Å². The Hall–Kier alpha value is -2.17. The maximum absolute atomic E-state index is 12.9. The number of aromatic nitrogens is 2. The number of likely N-dealkylation sites (N-methyl/N-ethyl adjacent to an activating group) is 1. The van der Waals surface area contributed by atoms with Gasteiger partial charge in [-0.05, 0) is 18.7 Å². The van der Waals surface area contributed by atoms with Gasteiger partial charge in [0.15, 0.2) is 0 Å². The molecule has 0 aliphatic carbocycles. The van der Waals surface area contributed by atoms with Gasteiger partial charge in [-0.3, -0.25) is 9.36 Å². The number of hydrogen-bond acceptors (Lipinski definition) is 3. The Balaban J connectivity index is 2.24. The molecule has 1 heterocycles. The fourth-order valence-electron chi connectivity index (χ4n) is 2.59. The summed E-state index contributed by atoms with van der Waals surface area (Å²) in [5.41, 5.74) is 1.40. The lowest BCUT2D eigenvalue weighted by atomic mass is 10.2. The van der Waals surface area contributed by atoms with Gasteiger partial charge >= 0.3 is 0 Å². The maximum Gasteiger partial charge on any atom is 0.261 e. The molecule has 3 aromatic rings. The lowest BCUT2D eigenvalue weighted by Gasteiger charge is -2.14. The second-order valence-electron chi connectivity index (χ2n) is 5.25. The van der Waals surface area contributed by atoms with Crippen LogP contribution in [0.2, 0.25) is 5.02 Å². The lowest BCUT2D eigenvalue weighted by Crippen LogP contribution is -2.29. The van der Waals surface area contributed by atoms with Gasteiger partial charge in [0.25, 0.3) is 5.56 Å². The molecule has 0 aliphatic heterocycles. The molecule has 1 aromatic heterocycles. The van der Waals surface area contributed by atoms with Gasteiger partial charge in [0.1, 0.15) is 5.82 Å². The first kappa shape index (κ1) is 15.7. The van der Waals surface area contributed by atoms with Gasteiger partial charge in [-0.25, -0.2) is 4.98 Å². The molecule has 0 bridgehead atoms. The molecule has 2 aromatic carbocycles. The molecule has 0 spiro atoms. The highest BCUT2D eigenvalue weighted by atomic mass is 35.5. The van der Waals surface area contributed by atoms with E-state index in [0.29, 0.717) is 34.8 Å². The molecule has 1 N–H and O–H groups in total. The van der Waals surface area contributed by atoms with Gasteiger partial charge < -0.3 is 5.32 Å². The Morgan fingerprint density at radius 2 is 1.91 bits per heavy atom. The predicted molar refractivity (Wildman–Crippen MR) is 95.0 cm³/mol. The molecule has 0 aliphatic rings. The van der Waals surface area contributed by atoms with Gasteiger partial charge in [-0.1, -0.05) is 54.9 Å². The third-order valence-electron chi connectivity index (χ3n) is 3.73. The van der Waals surface area contributed by atoms with Crippen molar-refractivity contribution >= 4 is 22.5 Å². The van der Waals surface area contributed by atoms with Crippen molar-refractivity contribution in [1.82, 2.24) is 14.9 Å². The van der Waals surface area contributed by atoms with E-state index in [1.807, 2.05) is 37.3 Å². The topological polar surface area (TPSA) is 46.9 Å². The normalized spacial score (nSPS) is 11.0. The van der Waals surface area contributed by atoms with Crippen LogP contribution in [0, 0.1) is 0 Å². The number of rotatable bonds is 5. The molecule has 0 fully saturated rings. The van der Waals surface area contributed by atoms with Crippen molar-refractivity contribution in [3.8, 4) is 11.4 Å². The van der Waals surface area contributed by atoms with E-state index in [0.717, 1.165) is 12.1 Å². The highest BCUT2D eigenvalue weighted by molar-refractivity contribution is 6.35. The molecule has 0 saturated heterocycles. The molecule has 23 heavy (non-hydrogen) atoms. The van der Waals surface area contributed by atoms with Crippen molar-refractivity contribution in [3.05, 3.63) is 63.9 Å². The number of benzene rings is 2. The van der Waals surface area contributed by atoms with Crippen LogP contribution in [0.4, 0.5) is 0 Å². The maximum atomic E-state index is 12.9. The summed E-state index contributed by atoms with van der Waals surface area (Å²) in [7, 11) is 0. The van der Waals surface area contributed by atoms with Gasteiger partial charge in [0.05, 0.1) is 15.9 Å². The Kier molecular flexibility index (Phi) is 4.74. The quantitative estimate of drug-likeness (QED) is 0.731. The number of para-hydroxylation sites is 1. The molecular formula is C18H18ClN3O. The summed E-state index contributed by atoms with van der Waals surface area (Å²) < 4.78 is 1.72. The second kappa shape index (κ2) is 6.94. The zero-order valence-corrected chi connectivity index (χ0v) is 13.7. The van der Waals surface area contributed by atoms with Crippen LogP contribution in [0.3, 0.4) is 0 Å². The van der Waals surface area contributed by atoms with Crippen LogP contribution in [0.1, 0.15) is 6.92 Å². The highest BCUT2D eigenvalue weighted by Crippen LogP contribution is 2.23. The number of halogens is 1. The van der Waals surface area contributed by atoms with Gasteiger partial charge in [-0.15, -0.1) is 0 Å². The van der Waals surface area contributed by atoms with Crippen LogP contribution in [0.25, 0.3) is 22.3 Å². The monoisotopic (exact) mass is 327 g/mol. The van der Waals surface area contributed by atoms with E-state index >= 15 is 0 Å². The van der Waals surface area contributed by atoms with E-state index in [2.05, 4.69) is 10.3 Å². The highest BCUT2D eigenvalue weighted by Gasteiger charge is 2.14. The predicted octanol–water partition coefficient (Wildman–Crippen LogP) is 3.33. The molecule has 4 nitrogen and oxygen atoms in total. The van der Waals surface area contributed by atoms with E-state index in [1.54, 1.807) is 22.8 Å². The summed E-state index contributed by atoms with van der Waals surface area (Å²) in [6.45, 7) is 4.18. The summed E-state index contributed by atoms with van der Waals surface area (Å²) in [6, 6.07) is 15.0. The Labute approximate surface area is 139 Å². The molecule has 118 valence electrons. The average Bonchev–Trinajstić information content (AvgIpc) is 2.58. The van der Waals surface area contributed by atoms with E-state index in [1.165, 1.54) is 0 Å². The minimum absolute atomic E-state index is 0.0609. The Morgan fingerprint density at radius 3 is 2.65 bits per heavy atom. The van der Waals surface area contributed by atoms with Crippen LogP contribution >= 0.6 is 11.6 Å². The summed E-state index contributed by atoms with van der Waals surface area (Å²) >= 11 is 6.24. The number of nitrogens with zero attached hydrogens (tertiary/aromatic N) is 2. The SMILES string of the molecule is CCNCCn1c(-c2ccccc2)nc2c(Cl)cccc2c1=O. The van der Waals surface area contributed by atoms with Crippen LogP contribution in [-0.2, 0) is 6.54 Å². The van der Waals surface area contributed by atoms with Gasteiger partial charge in [0.2, 0.25) is 0 Å². The van der Waals surface area contributed by atoms with E-state index in [4.69, 9.17) is 11.6 Å². The van der Waals surface area contributed by atoms with Crippen molar-refractivity contribution in [2.45, 2.75) is 13.5 Å². The van der Waals surface area contributed by atoms with Crippen LogP contribution < -0.4 is 10.9 Å². The Morgan fingerprint density at radius 1 is 1.13 bits per heavy atom. The number of nitrogens with one attached hydrogen (secondary N) is 1. The third-order valence-corrected chi connectivity index (χ3v) is 4.03. The van der Waals surface area contributed by atoms with Crippen molar-refractivity contribution in [3.63, 3.8) is 0 Å². The van der Waals surface area contributed by atoms with Crippen molar-refractivity contribution in [1.29, 1.82) is 0 Å². The van der Waals surface area contributed by atoms with Gasteiger partial charge in [0, 0.05) is 18.7 Å². The minimum Gasteiger partial charge on any atom is -0.315 e. The second-order valence-corrected chi connectivity index (χ2v) is 5.65. The largest absolute Gasteiger partial charge is 0.315 e. The summed E-state index contributed by atoms with van der Waals surface area (Å²) in [5.74, 6) is 0.647. The minimum atomic E-state index is -0.0609. The molecule has 0 atom stereocenters. The van der Waals surface area contributed by atoms with E-state index in [-0.39, 0.29) is 5.56 Å². The molecule has 5 heteroatoms. The van der Waals surface area contributed by atoms with Crippen molar-refractivity contribution < 1.29 is 0 Å². The first-order valence-corrected chi connectivity index (χ1v) is 8.05. The smallest absolute Gasteiger partial charge is 0.261 e. The first-order chi connectivity index (χ1) is 11.2. The lowest BCUT2D eigenvalue weighted by molar-refractivity contribution is 0.601. The summed E-state index contributed by atoms with van der Waals surface area (Å²) in [5, 5.41) is 4.29. The fraction of sp³-hybridized carbons (Fsp3) is 0.222. The molecule has 3 rings (SSSR count). The first-order valence-electron chi connectivity index (χ1n) is 7.67.